The number of hydrogen-bond donors (Lipinski definition) is 1. The molecule has 0 aliphatic rings. The molecule has 0 fully saturated rings. The van der Waals surface area contributed by atoms with E-state index in [4.69, 9.17) is 16.3 Å². The molecule has 0 unspecified atom stereocenters. The van der Waals surface area contributed by atoms with Crippen LogP contribution in [0.4, 0.5) is 5.13 Å². The van der Waals surface area contributed by atoms with E-state index in [-0.39, 0.29) is 30.5 Å². The molecular weight excluding hydrogens is 402 g/mol. The second-order valence-electron chi connectivity index (χ2n) is 5.88. The van der Waals surface area contributed by atoms with Gasteiger partial charge < -0.3 is 10.1 Å². The Morgan fingerprint density at radius 2 is 1.93 bits per heavy atom. The molecule has 0 radical (unpaired) electrons. The molecular formula is C19H22ClN3O4S. The predicted molar refractivity (Wildman–Crippen MR) is 109 cm³/mol. The molecule has 1 heterocycles. The van der Waals surface area contributed by atoms with Crippen molar-refractivity contribution < 1.29 is 19.1 Å². The summed E-state index contributed by atoms with van der Waals surface area (Å²) in [5.74, 6) is -0.985. The van der Waals surface area contributed by atoms with Gasteiger partial charge in [0.2, 0.25) is 11.8 Å². The van der Waals surface area contributed by atoms with Gasteiger partial charge in [-0.2, -0.15) is 0 Å². The van der Waals surface area contributed by atoms with Crippen molar-refractivity contribution in [3.8, 4) is 0 Å². The Bertz CT molecular complexity index is 838. The minimum atomic E-state index is -0.522. The number of esters is 1. The van der Waals surface area contributed by atoms with Gasteiger partial charge in [-0.15, -0.1) is 11.3 Å². The molecule has 1 N–H and O–H groups in total. The number of rotatable bonds is 8. The van der Waals surface area contributed by atoms with Crippen molar-refractivity contribution in [1.29, 1.82) is 0 Å². The monoisotopic (exact) mass is 423 g/mol. The van der Waals surface area contributed by atoms with Crippen molar-refractivity contribution in [1.82, 2.24) is 10.3 Å². The van der Waals surface area contributed by atoms with E-state index in [9.17, 15) is 14.4 Å². The summed E-state index contributed by atoms with van der Waals surface area (Å²) in [7, 11) is 0. The highest BCUT2D eigenvalue weighted by Crippen LogP contribution is 2.25. The average molecular weight is 424 g/mol. The van der Waals surface area contributed by atoms with E-state index in [0.717, 1.165) is 5.56 Å². The quantitative estimate of drug-likeness (QED) is 0.655. The van der Waals surface area contributed by atoms with Crippen LogP contribution in [0.5, 0.6) is 0 Å². The number of amides is 2. The summed E-state index contributed by atoms with van der Waals surface area (Å²) in [5.41, 5.74) is 0.944. The molecule has 0 saturated heterocycles. The number of hydrogen-bond acceptors (Lipinski definition) is 6. The minimum absolute atomic E-state index is 0.0450. The van der Waals surface area contributed by atoms with Crippen LogP contribution in [-0.2, 0) is 14.3 Å². The van der Waals surface area contributed by atoms with Gasteiger partial charge in [-0.3, -0.25) is 14.5 Å². The summed E-state index contributed by atoms with van der Waals surface area (Å²) >= 11 is 7.12. The molecule has 0 spiro atoms. The van der Waals surface area contributed by atoms with Gasteiger partial charge in [0.15, 0.2) is 10.8 Å². The summed E-state index contributed by atoms with van der Waals surface area (Å²) < 4.78 is 4.93. The maximum atomic E-state index is 12.9. The Hall–Kier alpha value is -2.45. The smallest absolute Gasteiger partial charge is 0.357 e. The fraction of sp³-hybridized carbons (Fsp3) is 0.368. The van der Waals surface area contributed by atoms with Gasteiger partial charge in [0.05, 0.1) is 19.1 Å². The van der Waals surface area contributed by atoms with Crippen molar-refractivity contribution in [2.24, 2.45) is 0 Å². The third-order valence-electron chi connectivity index (χ3n) is 3.85. The van der Waals surface area contributed by atoms with Crippen molar-refractivity contribution in [2.75, 3.05) is 18.1 Å². The number of anilines is 1. The normalized spacial score (nSPS) is 11.6. The standard InChI is InChI=1S/C19H22ClN3O4S/c1-4-23(19-22-16(11-28-19)18(26)27-5-2)17(25)10-15(21-12(3)24)13-6-8-14(20)9-7-13/h6-9,11,15H,4-5,10H2,1-3H3,(H,21,24)/t15-/m1/s1. The van der Waals surface area contributed by atoms with Crippen LogP contribution < -0.4 is 10.2 Å². The summed E-state index contributed by atoms with van der Waals surface area (Å²) in [6.07, 6.45) is 0.0450. The lowest BCUT2D eigenvalue weighted by Crippen LogP contribution is -2.36. The Kier molecular flexibility index (Phi) is 7.95. The molecule has 2 aromatic rings. The van der Waals surface area contributed by atoms with E-state index in [1.807, 2.05) is 6.92 Å². The number of carbonyl (C=O) groups excluding carboxylic acids is 3. The lowest BCUT2D eigenvalue weighted by Gasteiger charge is -2.23. The van der Waals surface area contributed by atoms with E-state index in [0.29, 0.717) is 16.7 Å². The van der Waals surface area contributed by atoms with Gasteiger partial charge in [0.25, 0.3) is 0 Å². The van der Waals surface area contributed by atoms with Crippen LogP contribution in [0.2, 0.25) is 5.02 Å². The molecule has 0 aliphatic carbocycles. The van der Waals surface area contributed by atoms with E-state index in [2.05, 4.69) is 10.3 Å². The topological polar surface area (TPSA) is 88.6 Å². The number of nitrogens with one attached hydrogen (secondary N) is 1. The highest BCUT2D eigenvalue weighted by atomic mass is 35.5. The highest BCUT2D eigenvalue weighted by molar-refractivity contribution is 7.14. The Morgan fingerprint density at radius 3 is 2.50 bits per heavy atom. The highest BCUT2D eigenvalue weighted by Gasteiger charge is 2.24. The number of carbonyl (C=O) groups is 3. The molecule has 1 aromatic heterocycles. The molecule has 9 heteroatoms. The molecule has 7 nitrogen and oxygen atoms in total. The van der Waals surface area contributed by atoms with Crippen LogP contribution in [0.1, 0.15) is 49.3 Å². The van der Waals surface area contributed by atoms with E-state index in [1.165, 1.54) is 23.2 Å². The first kappa shape index (κ1) is 21.8. The van der Waals surface area contributed by atoms with Crippen molar-refractivity contribution in [2.45, 2.75) is 33.2 Å². The first-order valence-electron chi connectivity index (χ1n) is 8.81. The molecule has 0 saturated carbocycles. The van der Waals surface area contributed by atoms with E-state index in [1.54, 1.807) is 36.6 Å². The molecule has 2 rings (SSSR count). The van der Waals surface area contributed by atoms with E-state index >= 15 is 0 Å². The van der Waals surface area contributed by atoms with Crippen LogP contribution >= 0.6 is 22.9 Å². The zero-order chi connectivity index (χ0) is 20.7. The maximum absolute atomic E-state index is 12.9. The largest absolute Gasteiger partial charge is 0.461 e. The maximum Gasteiger partial charge on any atom is 0.357 e. The second kappa shape index (κ2) is 10.2. The van der Waals surface area contributed by atoms with Gasteiger partial charge in [0, 0.05) is 23.9 Å². The van der Waals surface area contributed by atoms with Crippen LogP contribution in [0.3, 0.4) is 0 Å². The predicted octanol–water partition coefficient (Wildman–Crippen LogP) is 3.59. The van der Waals surface area contributed by atoms with Crippen LogP contribution in [-0.4, -0.2) is 35.9 Å². The summed E-state index contributed by atoms with van der Waals surface area (Å²) in [6, 6.07) is 6.46. The fourth-order valence-electron chi connectivity index (χ4n) is 2.58. The van der Waals surface area contributed by atoms with Gasteiger partial charge >= 0.3 is 5.97 Å². The first-order chi connectivity index (χ1) is 13.3. The minimum Gasteiger partial charge on any atom is -0.461 e. The molecule has 0 aliphatic heterocycles. The van der Waals surface area contributed by atoms with Gasteiger partial charge in [-0.05, 0) is 31.5 Å². The third kappa shape index (κ3) is 5.77. The summed E-state index contributed by atoms with van der Waals surface area (Å²) in [6.45, 7) is 5.56. The molecule has 2 amide bonds. The third-order valence-corrected chi connectivity index (χ3v) is 4.97. The zero-order valence-electron chi connectivity index (χ0n) is 15.9. The van der Waals surface area contributed by atoms with Crippen molar-refractivity contribution in [3.63, 3.8) is 0 Å². The number of thiazole rings is 1. The molecule has 1 aromatic carbocycles. The Labute approximate surface area is 172 Å². The Morgan fingerprint density at radius 1 is 1.25 bits per heavy atom. The second-order valence-corrected chi connectivity index (χ2v) is 7.16. The number of benzene rings is 1. The lowest BCUT2D eigenvalue weighted by atomic mass is 10.0. The fourth-order valence-corrected chi connectivity index (χ4v) is 3.58. The summed E-state index contributed by atoms with van der Waals surface area (Å²) in [5, 5.41) is 5.34. The summed E-state index contributed by atoms with van der Waals surface area (Å²) in [4.78, 5) is 42.0. The van der Waals surface area contributed by atoms with Crippen LogP contribution in [0.25, 0.3) is 0 Å². The Balaban J connectivity index is 2.19. The molecule has 150 valence electrons. The van der Waals surface area contributed by atoms with Crippen LogP contribution in [0, 0.1) is 0 Å². The first-order valence-corrected chi connectivity index (χ1v) is 10.1. The number of aromatic nitrogens is 1. The number of halogens is 1. The van der Waals surface area contributed by atoms with Crippen LogP contribution in [0.15, 0.2) is 29.6 Å². The van der Waals surface area contributed by atoms with Gasteiger partial charge in [0.1, 0.15) is 0 Å². The average Bonchev–Trinajstić information content (AvgIpc) is 3.12. The SMILES string of the molecule is CCOC(=O)c1csc(N(CC)C(=O)C[C@@H](NC(C)=O)c2ccc(Cl)cc2)n1. The molecule has 28 heavy (non-hydrogen) atoms. The zero-order valence-corrected chi connectivity index (χ0v) is 17.5. The lowest BCUT2D eigenvalue weighted by molar-refractivity contribution is -0.121. The van der Waals surface area contributed by atoms with E-state index < -0.39 is 12.0 Å². The van der Waals surface area contributed by atoms with Gasteiger partial charge in [-0.25, -0.2) is 9.78 Å². The number of ether oxygens (including phenoxy) is 1. The van der Waals surface area contributed by atoms with Crippen molar-refractivity contribution >= 4 is 45.9 Å². The molecule has 0 bridgehead atoms. The number of nitrogens with zero attached hydrogens (tertiary/aromatic N) is 2. The molecule has 1 atom stereocenters. The van der Waals surface area contributed by atoms with Gasteiger partial charge in [-0.1, -0.05) is 23.7 Å². The van der Waals surface area contributed by atoms with Crippen molar-refractivity contribution in [3.05, 3.63) is 45.9 Å².